The average Bonchev–Trinajstić information content (AvgIpc) is 2.64. The topological polar surface area (TPSA) is 56.8 Å². The van der Waals surface area contributed by atoms with E-state index in [0.717, 1.165) is 29.0 Å². The van der Waals surface area contributed by atoms with Crippen LogP contribution in [0.2, 0.25) is 0 Å². The predicted octanol–water partition coefficient (Wildman–Crippen LogP) is 3.97. The van der Waals surface area contributed by atoms with Gasteiger partial charge in [-0.15, -0.1) is 0 Å². The van der Waals surface area contributed by atoms with E-state index < -0.39 is 0 Å². The summed E-state index contributed by atoms with van der Waals surface area (Å²) in [6.07, 6.45) is 1.35. The number of benzene rings is 2. The normalized spacial score (nSPS) is 16.0. The van der Waals surface area contributed by atoms with Crippen molar-refractivity contribution in [2.45, 2.75) is 25.7 Å². The first-order valence-corrected chi connectivity index (χ1v) is 8.44. The summed E-state index contributed by atoms with van der Waals surface area (Å²) >= 11 is 0. The van der Waals surface area contributed by atoms with Gasteiger partial charge in [-0.1, -0.05) is 19.1 Å². The number of carbonyl (C=O) groups excluding carboxylic acids is 1. The maximum atomic E-state index is 12.2. The van der Waals surface area contributed by atoms with Crippen LogP contribution < -0.4 is 19.5 Å². The molecular formula is C20H23NO4. The predicted molar refractivity (Wildman–Crippen MR) is 96.9 cm³/mol. The Morgan fingerprint density at radius 1 is 1.08 bits per heavy atom. The highest BCUT2D eigenvalue weighted by atomic mass is 16.5. The summed E-state index contributed by atoms with van der Waals surface area (Å²) in [6.45, 7) is 2.77. The van der Waals surface area contributed by atoms with Gasteiger partial charge in [0.25, 0.3) is 0 Å². The van der Waals surface area contributed by atoms with Crippen molar-refractivity contribution in [3.05, 3.63) is 47.5 Å². The molecule has 1 amide bonds. The summed E-state index contributed by atoms with van der Waals surface area (Å²) in [4.78, 5) is 12.2. The fourth-order valence-corrected chi connectivity index (χ4v) is 3.14. The summed E-state index contributed by atoms with van der Waals surface area (Å²) in [5.74, 6) is 2.13. The van der Waals surface area contributed by atoms with Crippen LogP contribution in [0.4, 0.5) is 5.69 Å². The molecule has 5 heteroatoms. The van der Waals surface area contributed by atoms with Gasteiger partial charge in [0.05, 0.1) is 26.5 Å². The molecule has 1 aliphatic heterocycles. The van der Waals surface area contributed by atoms with Crippen LogP contribution in [-0.2, 0) is 4.79 Å². The van der Waals surface area contributed by atoms with E-state index in [1.54, 1.807) is 14.2 Å². The molecule has 0 aliphatic carbocycles. The number of carbonyl (C=O) groups is 1. The number of methoxy groups -OCH3 is 2. The number of ether oxygens (including phenoxy) is 3. The Kier molecular flexibility index (Phi) is 5.12. The molecule has 132 valence electrons. The fraction of sp³-hybridized carbons (Fsp3) is 0.350. The van der Waals surface area contributed by atoms with Crippen molar-refractivity contribution in [3.63, 3.8) is 0 Å². The van der Waals surface area contributed by atoms with Crippen molar-refractivity contribution in [2.75, 3.05) is 26.1 Å². The number of nitrogens with one attached hydrogen (secondary N) is 1. The highest BCUT2D eigenvalue weighted by molar-refractivity contribution is 5.96. The Morgan fingerprint density at radius 2 is 1.84 bits per heavy atom. The van der Waals surface area contributed by atoms with Gasteiger partial charge in [0.15, 0.2) is 0 Å². The van der Waals surface area contributed by atoms with Gasteiger partial charge in [-0.3, -0.25) is 4.79 Å². The third-order valence-electron chi connectivity index (χ3n) is 4.34. The summed E-state index contributed by atoms with van der Waals surface area (Å²) < 4.78 is 16.5. The second-order valence-corrected chi connectivity index (χ2v) is 6.01. The maximum Gasteiger partial charge on any atom is 0.225 e. The third kappa shape index (κ3) is 3.55. The zero-order valence-electron chi connectivity index (χ0n) is 14.8. The van der Waals surface area contributed by atoms with Crippen molar-refractivity contribution < 1.29 is 19.0 Å². The second-order valence-electron chi connectivity index (χ2n) is 6.01. The molecule has 0 saturated heterocycles. The lowest BCUT2D eigenvalue weighted by Gasteiger charge is -2.28. The molecule has 0 fully saturated rings. The number of rotatable bonds is 6. The van der Waals surface area contributed by atoms with Gasteiger partial charge in [0, 0.05) is 30.0 Å². The first kappa shape index (κ1) is 17.1. The lowest BCUT2D eigenvalue weighted by molar-refractivity contribution is -0.116. The highest BCUT2D eigenvalue weighted by Gasteiger charge is 2.30. The first-order valence-electron chi connectivity index (χ1n) is 8.44. The van der Waals surface area contributed by atoms with Crippen LogP contribution in [0.25, 0.3) is 0 Å². The molecule has 2 aromatic rings. The molecule has 2 aromatic carbocycles. The van der Waals surface area contributed by atoms with E-state index in [0.29, 0.717) is 24.5 Å². The van der Waals surface area contributed by atoms with Crippen molar-refractivity contribution in [1.29, 1.82) is 0 Å². The Labute approximate surface area is 147 Å². The molecule has 0 bridgehead atoms. The Hall–Kier alpha value is -2.69. The molecule has 0 unspecified atom stereocenters. The zero-order chi connectivity index (χ0) is 17.8. The van der Waals surface area contributed by atoms with Gasteiger partial charge in [-0.05, 0) is 24.1 Å². The first-order chi connectivity index (χ1) is 12.2. The van der Waals surface area contributed by atoms with Crippen LogP contribution in [-0.4, -0.2) is 26.7 Å². The SMILES string of the molecule is CCCOc1ccc([C@@H]2CC(=O)Nc3cc(OC)cc(OC)c32)cc1. The monoisotopic (exact) mass is 341 g/mol. The lowest BCUT2D eigenvalue weighted by Crippen LogP contribution is -2.24. The Bertz CT molecular complexity index is 755. The molecule has 3 rings (SSSR count). The van der Waals surface area contributed by atoms with Crippen LogP contribution in [0.15, 0.2) is 36.4 Å². The van der Waals surface area contributed by atoms with Gasteiger partial charge in [-0.25, -0.2) is 0 Å². The molecule has 0 radical (unpaired) electrons. The molecular weight excluding hydrogens is 318 g/mol. The number of amides is 1. The molecule has 1 N–H and O–H groups in total. The summed E-state index contributed by atoms with van der Waals surface area (Å²) in [6, 6.07) is 11.6. The molecule has 0 saturated carbocycles. The summed E-state index contributed by atoms with van der Waals surface area (Å²) in [5, 5.41) is 2.92. The van der Waals surface area contributed by atoms with Crippen LogP contribution in [0.1, 0.15) is 36.8 Å². The molecule has 25 heavy (non-hydrogen) atoms. The van der Waals surface area contributed by atoms with Gasteiger partial charge in [0.1, 0.15) is 17.2 Å². The molecule has 1 atom stereocenters. The van der Waals surface area contributed by atoms with E-state index >= 15 is 0 Å². The largest absolute Gasteiger partial charge is 0.497 e. The smallest absolute Gasteiger partial charge is 0.225 e. The fourth-order valence-electron chi connectivity index (χ4n) is 3.14. The van der Waals surface area contributed by atoms with E-state index in [2.05, 4.69) is 12.2 Å². The molecule has 1 heterocycles. The highest BCUT2D eigenvalue weighted by Crippen LogP contribution is 2.45. The second kappa shape index (κ2) is 7.47. The van der Waals surface area contributed by atoms with Gasteiger partial charge in [-0.2, -0.15) is 0 Å². The van der Waals surface area contributed by atoms with Gasteiger partial charge in [0.2, 0.25) is 5.91 Å². The summed E-state index contributed by atoms with van der Waals surface area (Å²) in [7, 11) is 3.22. The molecule has 5 nitrogen and oxygen atoms in total. The Morgan fingerprint density at radius 3 is 2.48 bits per heavy atom. The molecule has 0 aromatic heterocycles. The van der Waals surface area contributed by atoms with Crippen molar-refractivity contribution in [3.8, 4) is 17.2 Å². The minimum atomic E-state index is -0.0650. The maximum absolute atomic E-state index is 12.2. The zero-order valence-corrected chi connectivity index (χ0v) is 14.8. The van der Waals surface area contributed by atoms with Crippen LogP contribution >= 0.6 is 0 Å². The molecule has 0 spiro atoms. The van der Waals surface area contributed by atoms with Crippen LogP contribution in [0.3, 0.4) is 0 Å². The molecule has 1 aliphatic rings. The minimum absolute atomic E-state index is 0.0147. The average molecular weight is 341 g/mol. The number of hydrogen-bond donors (Lipinski definition) is 1. The van der Waals surface area contributed by atoms with Crippen molar-refractivity contribution in [2.24, 2.45) is 0 Å². The lowest BCUT2D eigenvalue weighted by atomic mass is 9.84. The van der Waals surface area contributed by atoms with Gasteiger partial charge >= 0.3 is 0 Å². The summed E-state index contributed by atoms with van der Waals surface area (Å²) in [5.41, 5.74) is 2.78. The quantitative estimate of drug-likeness (QED) is 0.864. The number of anilines is 1. The van der Waals surface area contributed by atoms with E-state index in [1.807, 2.05) is 36.4 Å². The van der Waals surface area contributed by atoms with Crippen molar-refractivity contribution in [1.82, 2.24) is 0 Å². The van der Waals surface area contributed by atoms with Crippen molar-refractivity contribution >= 4 is 11.6 Å². The van der Waals surface area contributed by atoms with Crippen LogP contribution in [0, 0.1) is 0 Å². The van der Waals surface area contributed by atoms with E-state index in [9.17, 15) is 4.79 Å². The third-order valence-corrected chi connectivity index (χ3v) is 4.34. The number of fused-ring (bicyclic) bond motifs is 1. The number of hydrogen-bond acceptors (Lipinski definition) is 4. The van der Waals surface area contributed by atoms with Gasteiger partial charge < -0.3 is 19.5 Å². The van der Waals surface area contributed by atoms with Crippen LogP contribution in [0.5, 0.6) is 17.2 Å². The minimum Gasteiger partial charge on any atom is -0.497 e. The van der Waals surface area contributed by atoms with E-state index in [1.165, 1.54) is 0 Å². The van der Waals surface area contributed by atoms with E-state index in [4.69, 9.17) is 14.2 Å². The Balaban J connectivity index is 1.99. The van der Waals surface area contributed by atoms with E-state index in [-0.39, 0.29) is 11.8 Å². The standard InChI is InChI=1S/C20H23NO4/c1-4-9-25-14-7-5-13(6-8-14)16-12-19(22)21-17-10-15(23-2)11-18(24-3)20(16)17/h5-8,10-11,16H,4,9,12H2,1-3H3,(H,21,22)/t16-/m0/s1.